The van der Waals surface area contributed by atoms with Crippen molar-refractivity contribution in [2.75, 3.05) is 4.90 Å². The Morgan fingerprint density at radius 3 is 2.16 bits per heavy atom. The van der Waals surface area contributed by atoms with Gasteiger partial charge in [-0.2, -0.15) is 0 Å². The lowest BCUT2D eigenvalue weighted by Gasteiger charge is -2.23. The third-order valence-corrected chi connectivity index (χ3v) is 4.64. The molecule has 1 aromatic heterocycles. The molecule has 0 aliphatic carbocycles. The third kappa shape index (κ3) is 2.70. The molecule has 3 aromatic rings. The highest BCUT2D eigenvalue weighted by Crippen LogP contribution is 2.36. The van der Waals surface area contributed by atoms with E-state index in [1.54, 1.807) is 6.26 Å². The second-order valence-electron chi connectivity index (χ2n) is 6.25. The molecule has 0 amide bonds. The molecule has 0 saturated heterocycles. The van der Waals surface area contributed by atoms with Crippen molar-refractivity contribution in [3.05, 3.63) is 77.7 Å². The molecule has 1 atom stereocenters. The van der Waals surface area contributed by atoms with Crippen LogP contribution in [0.3, 0.4) is 0 Å². The number of ether oxygens (including phenoxy) is 1. The topological polar surface area (TPSA) is 38.5 Å². The Bertz CT molecular complexity index is 911. The van der Waals surface area contributed by atoms with E-state index >= 15 is 0 Å². The average molecular weight is 332 g/mol. The first-order valence-corrected chi connectivity index (χ1v) is 8.39. The first kappa shape index (κ1) is 15.5. The van der Waals surface area contributed by atoms with E-state index < -0.39 is 0 Å². The van der Waals surface area contributed by atoms with Crippen LogP contribution >= 0.6 is 0 Å². The lowest BCUT2D eigenvalue weighted by molar-refractivity contribution is 0.185. The predicted octanol–water partition coefficient (Wildman–Crippen LogP) is 5.14. The van der Waals surface area contributed by atoms with E-state index in [4.69, 9.17) is 9.26 Å². The predicted molar refractivity (Wildman–Crippen MR) is 98.9 cm³/mol. The van der Waals surface area contributed by atoms with Crippen molar-refractivity contribution in [1.29, 1.82) is 0 Å². The van der Waals surface area contributed by atoms with Crippen molar-refractivity contribution >= 4 is 11.6 Å². The molecule has 2 aromatic carbocycles. The Morgan fingerprint density at radius 1 is 0.880 bits per heavy atom. The third-order valence-electron chi connectivity index (χ3n) is 4.64. The number of anilines is 1. The molecule has 0 radical (unpaired) electrons. The molecule has 0 fully saturated rings. The van der Waals surface area contributed by atoms with Crippen LogP contribution in [0.25, 0.3) is 16.8 Å². The molecule has 4 nitrogen and oxygen atoms in total. The quantitative estimate of drug-likeness (QED) is 0.666. The molecule has 126 valence electrons. The van der Waals surface area contributed by atoms with Gasteiger partial charge in [0.25, 0.3) is 0 Å². The fourth-order valence-electron chi connectivity index (χ4n) is 3.05. The van der Waals surface area contributed by atoms with Crippen LogP contribution in [0.2, 0.25) is 0 Å². The summed E-state index contributed by atoms with van der Waals surface area (Å²) >= 11 is 0. The lowest BCUT2D eigenvalue weighted by atomic mass is 10.0. The summed E-state index contributed by atoms with van der Waals surface area (Å²) in [4.78, 5) is 2.05. The fourth-order valence-corrected chi connectivity index (χ4v) is 3.05. The van der Waals surface area contributed by atoms with Gasteiger partial charge in [-0.3, -0.25) is 4.90 Å². The second-order valence-corrected chi connectivity index (χ2v) is 6.25. The van der Waals surface area contributed by atoms with Gasteiger partial charge >= 0.3 is 0 Å². The molecule has 0 N–H and O–H groups in total. The minimum atomic E-state index is -0.130. The van der Waals surface area contributed by atoms with E-state index in [9.17, 15) is 0 Å². The van der Waals surface area contributed by atoms with Gasteiger partial charge in [0.05, 0.1) is 11.4 Å². The first-order valence-electron chi connectivity index (χ1n) is 8.39. The maximum absolute atomic E-state index is 5.74. The number of benzene rings is 2. The van der Waals surface area contributed by atoms with Crippen LogP contribution in [-0.4, -0.2) is 11.4 Å². The maximum atomic E-state index is 5.74. The summed E-state index contributed by atoms with van der Waals surface area (Å²) in [6, 6.07) is 18.8. The van der Waals surface area contributed by atoms with Gasteiger partial charge in [0, 0.05) is 11.1 Å². The summed E-state index contributed by atoms with van der Waals surface area (Å²) in [6.45, 7) is 5.96. The monoisotopic (exact) mass is 332 g/mol. The van der Waals surface area contributed by atoms with E-state index in [1.165, 1.54) is 11.1 Å². The molecule has 2 heterocycles. The van der Waals surface area contributed by atoms with E-state index in [-0.39, 0.29) is 6.23 Å². The van der Waals surface area contributed by atoms with E-state index in [0.29, 0.717) is 0 Å². The fraction of sp³-hybridized carbons (Fsp3) is 0.190. The standard InChI is InChI=1S/C21H20N2O2/c1-14-15(2)22-25-21(14)23-16(3)24-13-20(23)19-11-9-18(10-12-19)17-7-5-4-6-8-17/h4-13,16H,1-3H3. The summed E-state index contributed by atoms with van der Waals surface area (Å²) in [5.41, 5.74) is 6.38. The molecule has 1 aliphatic heterocycles. The van der Waals surface area contributed by atoms with Gasteiger partial charge in [0.1, 0.15) is 6.26 Å². The number of hydrogen-bond acceptors (Lipinski definition) is 4. The van der Waals surface area contributed by atoms with Gasteiger partial charge in [0.2, 0.25) is 5.88 Å². The van der Waals surface area contributed by atoms with Crippen LogP contribution in [0.1, 0.15) is 23.7 Å². The maximum Gasteiger partial charge on any atom is 0.237 e. The molecule has 0 spiro atoms. The van der Waals surface area contributed by atoms with Gasteiger partial charge in [-0.25, -0.2) is 0 Å². The van der Waals surface area contributed by atoms with E-state index in [0.717, 1.165) is 28.4 Å². The normalized spacial score (nSPS) is 16.7. The Kier molecular flexibility index (Phi) is 3.80. The molecule has 1 aliphatic rings. The van der Waals surface area contributed by atoms with Gasteiger partial charge in [0.15, 0.2) is 6.23 Å². The van der Waals surface area contributed by atoms with Crippen molar-refractivity contribution < 1.29 is 9.26 Å². The number of aryl methyl sites for hydroxylation is 1. The zero-order chi connectivity index (χ0) is 17.4. The minimum absolute atomic E-state index is 0.130. The Hall–Kier alpha value is -3.01. The molecule has 0 bridgehead atoms. The Labute approximate surface area is 147 Å². The zero-order valence-corrected chi connectivity index (χ0v) is 14.6. The average Bonchev–Trinajstić information content (AvgIpc) is 3.18. The number of aromatic nitrogens is 1. The van der Waals surface area contributed by atoms with Gasteiger partial charge in [-0.1, -0.05) is 59.8 Å². The highest BCUT2D eigenvalue weighted by Gasteiger charge is 2.31. The lowest BCUT2D eigenvalue weighted by Crippen LogP contribution is -2.27. The summed E-state index contributed by atoms with van der Waals surface area (Å²) in [5.74, 6) is 0.737. The van der Waals surface area contributed by atoms with Crippen LogP contribution in [0.15, 0.2) is 65.4 Å². The number of rotatable bonds is 3. The zero-order valence-electron chi connectivity index (χ0n) is 14.6. The molecular formula is C21H20N2O2. The summed E-state index contributed by atoms with van der Waals surface area (Å²) < 4.78 is 11.3. The molecule has 0 saturated carbocycles. The van der Waals surface area contributed by atoms with Crippen LogP contribution in [0.4, 0.5) is 5.88 Å². The number of hydrogen-bond donors (Lipinski definition) is 0. The summed E-state index contributed by atoms with van der Waals surface area (Å²) in [6.07, 6.45) is 1.66. The molecule has 25 heavy (non-hydrogen) atoms. The second kappa shape index (κ2) is 6.13. The largest absolute Gasteiger partial charge is 0.476 e. The minimum Gasteiger partial charge on any atom is -0.476 e. The van der Waals surface area contributed by atoms with Crippen molar-refractivity contribution in [3.63, 3.8) is 0 Å². The Balaban J connectivity index is 1.68. The van der Waals surface area contributed by atoms with Crippen LogP contribution in [0, 0.1) is 13.8 Å². The van der Waals surface area contributed by atoms with Gasteiger partial charge < -0.3 is 9.26 Å². The van der Waals surface area contributed by atoms with Crippen molar-refractivity contribution in [2.24, 2.45) is 0 Å². The Morgan fingerprint density at radius 2 is 1.52 bits per heavy atom. The summed E-state index contributed by atoms with van der Waals surface area (Å²) in [7, 11) is 0. The summed E-state index contributed by atoms with van der Waals surface area (Å²) in [5, 5.41) is 4.08. The van der Waals surface area contributed by atoms with Crippen molar-refractivity contribution in [3.8, 4) is 11.1 Å². The van der Waals surface area contributed by atoms with E-state index in [2.05, 4.69) is 53.7 Å². The number of nitrogens with zero attached hydrogens (tertiary/aromatic N) is 2. The van der Waals surface area contributed by atoms with Crippen LogP contribution in [0.5, 0.6) is 0 Å². The molecule has 1 unspecified atom stereocenters. The molecule has 4 rings (SSSR count). The van der Waals surface area contributed by atoms with E-state index in [1.807, 2.05) is 31.7 Å². The molecular weight excluding hydrogens is 312 g/mol. The first-order chi connectivity index (χ1) is 12.1. The van der Waals surface area contributed by atoms with Crippen molar-refractivity contribution in [1.82, 2.24) is 5.16 Å². The smallest absolute Gasteiger partial charge is 0.237 e. The molecule has 4 heteroatoms. The highest BCUT2D eigenvalue weighted by molar-refractivity contribution is 5.81. The van der Waals surface area contributed by atoms with Gasteiger partial charge in [-0.05, 0) is 31.9 Å². The van der Waals surface area contributed by atoms with Crippen molar-refractivity contribution in [2.45, 2.75) is 27.0 Å². The van der Waals surface area contributed by atoms with Crippen LogP contribution in [-0.2, 0) is 4.74 Å². The van der Waals surface area contributed by atoms with Crippen LogP contribution < -0.4 is 4.90 Å². The SMILES string of the molecule is Cc1noc(N2C(c3ccc(-c4ccccc4)cc3)=COC2C)c1C. The highest BCUT2D eigenvalue weighted by atomic mass is 16.5. The van der Waals surface area contributed by atoms with Gasteiger partial charge in [-0.15, -0.1) is 0 Å².